The summed E-state index contributed by atoms with van der Waals surface area (Å²) in [6.45, 7) is 6.18. The molecule has 2 N–H and O–H groups in total. The molecule has 1 rings (SSSR count). The van der Waals surface area contributed by atoms with E-state index < -0.39 is 11.5 Å². The lowest BCUT2D eigenvalue weighted by atomic mass is 10.0. The number of hydrogen-bond donors (Lipinski definition) is 2. The van der Waals surface area contributed by atoms with Crippen LogP contribution in [-0.2, 0) is 4.79 Å². The van der Waals surface area contributed by atoms with E-state index in [1.807, 2.05) is 18.7 Å². The van der Waals surface area contributed by atoms with Gasteiger partial charge in [-0.05, 0) is 20.8 Å². The highest BCUT2D eigenvalue weighted by Gasteiger charge is 2.29. The van der Waals surface area contributed by atoms with E-state index in [4.69, 9.17) is 5.11 Å². The summed E-state index contributed by atoms with van der Waals surface area (Å²) in [6, 6.07) is 0.0402. The van der Waals surface area contributed by atoms with Crippen molar-refractivity contribution in [3.8, 4) is 0 Å². The monoisotopic (exact) mass is 260 g/mol. The Bertz CT molecular complexity index is 307. The molecule has 1 saturated heterocycles. The van der Waals surface area contributed by atoms with Crippen LogP contribution < -0.4 is 5.32 Å². The Morgan fingerprint density at radius 3 is 2.71 bits per heavy atom. The highest BCUT2D eigenvalue weighted by atomic mass is 32.2. The summed E-state index contributed by atoms with van der Waals surface area (Å²) in [5.74, 6) is 0.974. The van der Waals surface area contributed by atoms with E-state index in [1.54, 1.807) is 18.7 Å². The van der Waals surface area contributed by atoms with Gasteiger partial charge in [-0.1, -0.05) is 0 Å². The summed E-state index contributed by atoms with van der Waals surface area (Å²) < 4.78 is 0. The normalized spacial score (nSPS) is 21.1. The van der Waals surface area contributed by atoms with Gasteiger partial charge in [0.05, 0.1) is 6.42 Å². The molecule has 0 aliphatic carbocycles. The van der Waals surface area contributed by atoms with Crippen molar-refractivity contribution in [1.29, 1.82) is 0 Å². The number of amides is 2. The number of nitrogens with one attached hydrogen (secondary N) is 1. The molecule has 0 aromatic heterocycles. The molecule has 17 heavy (non-hydrogen) atoms. The van der Waals surface area contributed by atoms with Gasteiger partial charge >= 0.3 is 12.0 Å². The molecule has 5 nitrogen and oxygen atoms in total. The molecule has 1 fully saturated rings. The van der Waals surface area contributed by atoms with Gasteiger partial charge in [0.25, 0.3) is 0 Å². The first-order valence-corrected chi connectivity index (χ1v) is 6.85. The van der Waals surface area contributed by atoms with Crippen molar-refractivity contribution in [3.05, 3.63) is 0 Å². The Hall–Kier alpha value is -0.910. The van der Waals surface area contributed by atoms with Crippen LogP contribution in [-0.4, -0.2) is 51.6 Å². The van der Waals surface area contributed by atoms with Gasteiger partial charge in [0.2, 0.25) is 0 Å². The summed E-state index contributed by atoms with van der Waals surface area (Å²) in [5, 5.41) is 11.5. The average Bonchev–Trinajstić information content (AvgIpc) is 2.14. The Morgan fingerprint density at radius 1 is 1.53 bits per heavy atom. The summed E-state index contributed by atoms with van der Waals surface area (Å²) in [4.78, 5) is 24.5. The lowest BCUT2D eigenvalue weighted by Crippen LogP contribution is -2.55. The number of carbonyl (C=O) groups is 2. The molecule has 1 aliphatic heterocycles. The molecule has 1 atom stereocenters. The Balaban J connectivity index is 2.55. The predicted octanol–water partition coefficient (Wildman–Crippen LogP) is 1.39. The first kappa shape index (κ1) is 14.2. The Labute approximate surface area is 106 Å². The molecule has 0 spiro atoms. The molecule has 1 unspecified atom stereocenters. The fraction of sp³-hybridized carbons (Fsp3) is 0.818. The van der Waals surface area contributed by atoms with Crippen LogP contribution in [0, 0.1) is 0 Å². The minimum atomic E-state index is -0.905. The number of nitrogens with zero attached hydrogens (tertiary/aromatic N) is 1. The maximum absolute atomic E-state index is 12.0. The van der Waals surface area contributed by atoms with Crippen molar-refractivity contribution < 1.29 is 14.7 Å². The van der Waals surface area contributed by atoms with Gasteiger partial charge in [0, 0.05) is 29.6 Å². The second-order valence-electron chi connectivity index (χ2n) is 5.00. The first-order valence-electron chi connectivity index (χ1n) is 5.70. The number of rotatable bonds is 3. The Kier molecular flexibility index (Phi) is 4.68. The third-order valence-electron chi connectivity index (χ3n) is 2.67. The number of thioether (sulfide) groups is 1. The van der Waals surface area contributed by atoms with Gasteiger partial charge in [-0.3, -0.25) is 4.79 Å². The van der Waals surface area contributed by atoms with E-state index in [1.165, 1.54) is 0 Å². The van der Waals surface area contributed by atoms with Crippen molar-refractivity contribution in [3.63, 3.8) is 0 Å². The fourth-order valence-electron chi connectivity index (χ4n) is 1.81. The molecule has 0 saturated carbocycles. The van der Waals surface area contributed by atoms with Crippen LogP contribution in [0.25, 0.3) is 0 Å². The standard InChI is InChI=1S/C11H20N2O3S/c1-8-7-17-5-4-13(8)10(16)12-11(2,3)6-9(14)15/h8H,4-7H2,1-3H3,(H,12,16)(H,14,15). The zero-order valence-electron chi connectivity index (χ0n) is 10.5. The summed E-state index contributed by atoms with van der Waals surface area (Å²) >= 11 is 1.84. The molecule has 1 aliphatic rings. The molecule has 0 bridgehead atoms. The fourth-order valence-corrected chi connectivity index (χ4v) is 2.83. The molecule has 2 amide bonds. The van der Waals surface area contributed by atoms with Gasteiger partial charge in [0.1, 0.15) is 0 Å². The van der Waals surface area contributed by atoms with E-state index in [-0.39, 0.29) is 18.5 Å². The second-order valence-corrected chi connectivity index (χ2v) is 6.15. The smallest absolute Gasteiger partial charge is 0.318 e. The molecule has 0 aromatic carbocycles. The van der Waals surface area contributed by atoms with Crippen molar-refractivity contribution in [2.24, 2.45) is 0 Å². The van der Waals surface area contributed by atoms with E-state index in [2.05, 4.69) is 5.32 Å². The van der Waals surface area contributed by atoms with Crippen LogP contribution in [0.15, 0.2) is 0 Å². The van der Waals surface area contributed by atoms with Crippen molar-refractivity contribution in [2.75, 3.05) is 18.1 Å². The van der Waals surface area contributed by atoms with Gasteiger partial charge in [-0.15, -0.1) is 0 Å². The van der Waals surface area contributed by atoms with Crippen molar-refractivity contribution in [1.82, 2.24) is 10.2 Å². The minimum absolute atomic E-state index is 0.0737. The van der Waals surface area contributed by atoms with Gasteiger partial charge in [-0.25, -0.2) is 4.79 Å². The summed E-state index contributed by atoms with van der Waals surface area (Å²) in [6.07, 6.45) is -0.0737. The van der Waals surface area contributed by atoms with Crippen LogP contribution >= 0.6 is 11.8 Å². The predicted molar refractivity (Wildman–Crippen MR) is 68.4 cm³/mol. The van der Waals surface area contributed by atoms with Crippen LogP contribution in [0.2, 0.25) is 0 Å². The van der Waals surface area contributed by atoms with Gasteiger partial charge in [-0.2, -0.15) is 11.8 Å². The first-order chi connectivity index (χ1) is 7.82. The van der Waals surface area contributed by atoms with Crippen LogP contribution in [0.4, 0.5) is 4.79 Å². The molecular formula is C11H20N2O3S. The number of urea groups is 1. The number of hydrogen-bond acceptors (Lipinski definition) is 3. The quantitative estimate of drug-likeness (QED) is 0.804. The highest BCUT2D eigenvalue weighted by molar-refractivity contribution is 7.99. The van der Waals surface area contributed by atoms with E-state index in [9.17, 15) is 9.59 Å². The Morgan fingerprint density at radius 2 is 2.18 bits per heavy atom. The number of aliphatic carboxylic acids is 1. The largest absolute Gasteiger partial charge is 0.481 e. The average molecular weight is 260 g/mol. The third-order valence-corrected chi connectivity index (χ3v) is 3.86. The van der Waals surface area contributed by atoms with E-state index in [0.29, 0.717) is 0 Å². The maximum atomic E-state index is 12.0. The molecule has 6 heteroatoms. The minimum Gasteiger partial charge on any atom is -0.481 e. The molecule has 0 aromatic rings. The van der Waals surface area contributed by atoms with Gasteiger partial charge in [0.15, 0.2) is 0 Å². The SMILES string of the molecule is CC1CSCCN1C(=O)NC(C)(C)CC(=O)O. The molecule has 0 radical (unpaired) electrons. The second kappa shape index (κ2) is 5.62. The van der Waals surface area contributed by atoms with E-state index >= 15 is 0 Å². The van der Waals surface area contributed by atoms with Crippen molar-refractivity contribution >= 4 is 23.8 Å². The number of carbonyl (C=O) groups excluding carboxylic acids is 1. The lowest BCUT2D eigenvalue weighted by Gasteiger charge is -2.36. The number of carboxylic acid groups (broad SMARTS) is 1. The molecule has 1 heterocycles. The summed E-state index contributed by atoms with van der Waals surface area (Å²) in [7, 11) is 0. The van der Waals surface area contributed by atoms with Crippen LogP contribution in [0.5, 0.6) is 0 Å². The van der Waals surface area contributed by atoms with Crippen LogP contribution in [0.3, 0.4) is 0 Å². The van der Waals surface area contributed by atoms with Gasteiger partial charge < -0.3 is 15.3 Å². The highest BCUT2D eigenvalue weighted by Crippen LogP contribution is 2.17. The topological polar surface area (TPSA) is 69.6 Å². The molecular weight excluding hydrogens is 240 g/mol. The van der Waals surface area contributed by atoms with Crippen molar-refractivity contribution in [2.45, 2.75) is 38.8 Å². The zero-order valence-corrected chi connectivity index (χ0v) is 11.3. The van der Waals surface area contributed by atoms with E-state index in [0.717, 1.165) is 18.1 Å². The number of carboxylic acids is 1. The van der Waals surface area contributed by atoms with Crippen LogP contribution in [0.1, 0.15) is 27.2 Å². The third kappa shape index (κ3) is 4.46. The molecule has 98 valence electrons. The summed E-state index contributed by atoms with van der Waals surface area (Å²) in [5.41, 5.74) is -0.715. The zero-order chi connectivity index (χ0) is 13.1. The lowest BCUT2D eigenvalue weighted by molar-refractivity contribution is -0.138. The maximum Gasteiger partial charge on any atom is 0.318 e.